The lowest BCUT2D eigenvalue weighted by molar-refractivity contribution is 0.231. The Bertz CT molecular complexity index is 5760. The van der Waals surface area contributed by atoms with Gasteiger partial charge in [-0.1, -0.05) is 202 Å². The molecule has 1 unspecified atom stereocenters. The van der Waals surface area contributed by atoms with Crippen LogP contribution in [0.4, 0.5) is 0 Å². The van der Waals surface area contributed by atoms with Crippen LogP contribution in [0.2, 0.25) is 0 Å². The van der Waals surface area contributed by atoms with Crippen LogP contribution in [0.1, 0.15) is 112 Å². The highest BCUT2D eigenvalue weighted by Gasteiger charge is 2.69. The second kappa shape index (κ2) is 16.8. The Morgan fingerprint density at radius 2 is 0.716 bits per heavy atom. The molecule has 420 valence electrons. The monoisotopic (exact) mass is 1130 g/mol. The van der Waals surface area contributed by atoms with Crippen molar-refractivity contribution in [1.29, 1.82) is 10.5 Å². The van der Waals surface area contributed by atoms with Crippen LogP contribution >= 0.6 is 0 Å². The predicted molar refractivity (Wildman–Crippen MR) is 363 cm³/mol. The summed E-state index contributed by atoms with van der Waals surface area (Å²) in [5, 5.41) is 34.4. The zero-order valence-electron chi connectivity index (χ0n) is 50.9. The fourth-order valence-corrected chi connectivity index (χ4v) is 17.9. The van der Waals surface area contributed by atoms with E-state index in [1.54, 1.807) is 0 Å². The largest absolute Gasteiger partial charge is 0.309 e. The van der Waals surface area contributed by atoms with E-state index in [1.807, 2.05) is 0 Å². The number of nitriles is 2. The van der Waals surface area contributed by atoms with Gasteiger partial charge in [-0.05, 0) is 128 Å². The van der Waals surface area contributed by atoms with Gasteiger partial charge in [0, 0.05) is 76.1 Å². The first-order valence-electron chi connectivity index (χ1n) is 31.0. The lowest BCUT2D eigenvalue weighted by Crippen LogP contribution is -2.51. The second-order valence-electron chi connectivity index (χ2n) is 27.9. The molecule has 5 heterocycles. The van der Waals surface area contributed by atoms with Gasteiger partial charge in [-0.25, -0.2) is 0 Å². The number of hydrogen-bond acceptors (Lipinski definition) is 2. The summed E-state index contributed by atoms with van der Waals surface area (Å²) in [5.74, 6) is 0. The number of aromatic nitrogens is 4. The number of rotatable bonds is 3. The SMILES string of the molecule is CC(C)(C)c1ccc2c(c1)C13c4cc(ccc4-2)C(C)(C)c2ccc4c5cc6c7ccccc7n(-c7ccccc7)c6cc5n(c4c2)-c2c(C#N)c(C#N)c(-n4c5ccccc5c5cc6c7ccccc7n(-c7ccccc7)c6cc54)c(c2C1(C)C)C3(C)C. The maximum atomic E-state index is 12.7. The van der Waals surface area contributed by atoms with E-state index < -0.39 is 21.7 Å². The normalized spacial score (nSPS) is 16.8. The van der Waals surface area contributed by atoms with E-state index >= 15 is 0 Å². The molecule has 2 aliphatic carbocycles. The average Bonchev–Trinajstić information content (AvgIpc) is 1.46. The number of nitrogens with zero attached hydrogens (tertiary/aromatic N) is 6. The number of benzene rings is 11. The van der Waals surface area contributed by atoms with E-state index in [0.29, 0.717) is 11.1 Å². The van der Waals surface area contributed by atoms with Crippen LogP contribution in [0.25, 0.3) is 121 Å². The average molecular weight is 1130 g/mol. The van der Waals surface area contributed by atoms with Crippen LogP contribution < -0.4 is 0 Å². The number of fused-ring (bicyclic) bond motifs is 17. The van der Waals surface area contributed by atoms with Gasteiger partial charge in [0.2, 0.25) is 0 Å². The van der Waals surface area contributed by atoms with E-state index in [-0.39, 0.29) is 5.41 Å². The van der Waals surface area contributed by atoms with Gasteiger partial charge in [0.05, 0.1) is 66.6 Å². The molecule has 0 N–H and O–H groups in total. The molecule has 88 heavy (non-hydrogen) atoms. The molecule has 1 spiro atoms. The van der Waals surface area contributed by atoms with Gasteiger partial charge in [0.25, 0.3) is 0 Å². The standard InChI is InChI=1S/C82H62N6/c1-78(2,3)47-32-35-52-53-36-33-48-39-65(53)82(64(52)38-47)80(6,7)74-75(81(82,8)9)77(88-69-40-49(79(48,4)5)34-37-57(69)61-42-59-55-27-17-20-30-67(55)86(71(59)44-73(61)88)51-24-14-11-15-25-51)63(46-84)62(45-83)76(74)87-68-31-21-18-28-56(68)60-41-58-54-26-16-19-29-66(54)85(70(58)43-72(60)87)50-22-12-10-13-23-50/h10-44H,1-9H3. The predicted octanol–water partition coefficient (Wildman–Crippen LogP) is 20.3. The van der Waals surface area contributed by atoms with Crippen molar-refractivity contribution in [3.8, 4) is 46.0 Å². The van der Waals surface area contributed by atoms with Crippen LogP contribution in [-0.2, 0) is 27.1 Å². The first-order chi connectivity index (χ1) is 42.5. The molecule has 1 atom stereocenters. The van der Waals surface area contributed by atoms with Crippen LogP contribution in [0, 0.1) is 22.7 Å². The van der Waals surface area contributed by atoms with Crippen LogP contribution in [-0.4, -0.2) is 18.3 Å². The van der Waals surface area contributed by atoms with Gasteiger partial charge in [-0.3, -0.25) is 0 Å². The Balaban J connectivity index is 1.09. The van der Waals surface area contributed by atoms with E-state index in [4.69, 9.17) is 0 Å². The van der Waals surface area contributed by atoms with Gasteiger partial charge in [-0.2, -0.15) is 10.5 Å². The minimum Gasteiger partial charge on any atom is -0.309 e. The molecule has 15 aromatic rings. The third-order valence-corrected chi connectivity index (χ3v) is 21.7. The molecule has 4 aromatic heterocycles. The summed E-state index contributed by atoms with van der Waals surface area (Å²) >= 11 is 0. The highest BCUT2D eigenvalue weighted by Crippen LogP contribution is 2.73. The number of hydrogen-bond donors (Lipinski definition) is 0. The van der Waals surface area contributed by atoms with E-state index in [9.17, 15) is 10.5 Å². The minimum absolute atomic E-state index is 0.167. The van der Waals surface area contributed by atoms with Gasteiger partial charge in [-0.15, -0.1) is 0 Å². The van der Waals surface area contributed by atoms with Crippen LogP contribution in [0.3, 0.4) is 0 Å². The topological polar surface area (TPSA) is 67.3 Å². The maximum absolute atomic E-state index is 12.7. The Labute approximate surface area is 511 Å². The molecule has 0 amide bonds. The fraction of sp³-hybridized carbons (Fsp3) is 0.171. The Kier molecular flexibility index (Phi) is 9.69. The summed E-state index contributed by atoms with van der Waals surface area (Å²) in [4.78, 5) is 0. The fourth-order valence-electron chi connectivity index (χ4n) is 17.9. The Morgan fingerprint density at radius 3 is 1.19 bits per heavy atom. The maximum Gasteiger partial charge on any atom is 0.103 e. The van der Waals surface area contributed by atoms with Crippen molar-refractivity contribution in [3.05, 3.63) is 262 Å². The molecule has 6 heteroatoms. The van der Waals surface area contributed by atoms with Crippen molar-refractivity contribution >= 4 is 87.2 Å². The molecule has 3 aliphatic rings. The molecular formula is C82H62N6. The summed E-state index contributed by atoms with van der Waals surface area (Å²) < 4.78 is 9.63. The summed E-state index contributed by atoms with van der Waals surface area (Å²) in [6.45, 7) is 21.6. The highest BCUT2D eigenvalue weighted by atomic mass is 15.1. The van der Waals surface area contributed by atoms with Gasteiger partial charge < -0.3 is 18.3 Å². The Hall–Kier alpha value is -10.4. The molecule has 0 fully saturated rings. The molecule has 0 saturated carbocycles. The molecule has 6 bridgehead atoms. The number of para-hydroxylation sites is 5. The minimum atomic E-state index is -0.781. The zero-order valence-corrected chi connectivity index (χ0v) is 50.9. The summed E-state index contributed by atoms with van der Waals surface area (Å²) in [6, 6.07) is 84.6. The molecule has 18 rings (SSSR count). The van der Waals surface area contributed by atoms with Crippen molar-refractivity contribution in [2.75, 3.05) is 0 Å². The smallest absolute Gasteiger partial charge is 0.103 e. The third kappa shape index (κ3) is 5.96. The van der Waals surface area contributed by atoms with E-state index in [2.05, 4.69) is 305 Å². The first-order valence-corrected chi connectivity index (χ1v) is 31.0. The zero-order chi connectivity index (χ0) is 59.9. The lowest BCUT2D eigenvalue weighted by atomic mass is 9.52. The van der Waals surface area contributed by atoms with Crippen LogP contribution in [0.15, 0.2) is 212 Å². The van der Waals surface area contributed by atoms with E-state index in [0.717, 1.165) is 110 Å². The Morgan fingerprint density at radius 1 is 0.341 bits per heavy atom. The molecule has 1 aliphatic heterocycles. The third-order valence-electron chi connectivity index (χ3n) is 21.7. The lowest BCUT2D eigenvalue weighted by Gasteiger charge is -2.50. The van der Waals surface area contributed by atoms with Gasteiger partial charge in [0.15, 0.2) is 0 Å². The first kappa shape index (κ1) is 50.9. The molecule has 6 nitrogen and oxygen atoms in total. The summed E-state index contributed by atoms with van der Waals surface area (Å²) in [6.07, 6.45) is 0. The van der Waals surface area contributed by atoms with Crippen molar-refractivity contribution in [2.24, 2.45) is 0 Å². The van der Waals surface area contributed by atoms with Gasteiger partial charge >= 0.3 is 0 Å². The molecule has 0 radical (unpaired) electrons. The quantitative estimate of drug-likeness (QED) is 0.177. The summed E-state index contributed by atoms with van der Waals surface area (Å²) in [7, 11) is 0. The molecule has 11 aromatic carbocycles. The van der Waals surface area contributed by atoms with Crippen molar-refractivity contribution in [3.63, 3.8) is 0 Å². The van der Waals surface area contributed by atoms with Crippen molar-refractivity contribution < 1.29 is 0 Å². The van der Waals surface area contributed by atoms with Gasteiger partial charge in [0.1, 0.15) is 12.1 Å². The summed E-state index contributed by atoms with van der Waals surface area (Å²) in [5.41, 5.74) is 20.6. The highest BCUT2D eigenvalue weighted by molar-refractivity contribution is 6.21. The van der Waals surface area contributed by atoms with Crippen molar-refractivity contribution in [2.45, 2.75) is 89.4 Å². The van der Waals surface area contributed by atoms with Crippen molar-refractivity contribution in [1.82, 2.24) is 18.3 Å². The second-order valence-corrected chi connectivity index (χ2v) is 27.9. The van der Waals surface area contributed by atoms with Crippen LogP contribution in [0.5, 0.6) is 0 Å². The molecule has 0 saturated heterocycles. The molecular weight excluding hydrogens is 1070 g/mol. The van der Waals surface area contributed by atoms with E-state index in [1.165, 1.54) is 49.7 Å².